The second kappa shape index (κ2) is 14.4. The van der Waals surface area contributed by atoms with Crippen molar-refractivity contribution in [2.45, 2.75) is 65.2 Å². The molecule has 0 aliphatic rings. The van der Waals surface area contributed by atoms with Gasteiger partial charge < -0.3 is 30.2 Å². The van der Waals surface area contributed by atoms with Gasteiger partial charge in [0.1, 0.15) is 17.8 Å². The number of alkyl halides is 1. The smallest absolute Gasteiger partial charge is 0.341 e. The van der Waals surface area contributed by atoms with E-state index < -0.39 is 18.9 Å². The molecular formula is C27H38FN5O4. The third-order valence-corrected chi connectivity index (χ3v) is 6.36. The number of aliphatic carboxylic acids is 1. The zero-order valence-corrected chi connectivity index (χ0v) is 21.8. The minimum Gasteiger partial charge on any atom is -0.479 e. The van der Waals surface area contributed by atoms with Crippen LogP contribution in [0.5, 0.6) is 11.5 Å². The Morgan fingerprint density at radius 1 is 1.16 bits per heavy atom. The number of carboxylic acid groups (broad SMARTS) is 1. The molecule has 0 bridgehead atoms. The van der Waals surface area contributed by atoms with E-state index in [2.05, 4.69) is 32.5 Å². The molecule has 37 heavy (non-hydrogen) atoms. The van der Waals surface area contributed by atoms with Gasteiger partial charge in [-0.05, 0) is 62.9 Å². The number of carbonyl (C=O) groups is 1. The number of carboxylic acids is 1. The Morgan fingerprint density at radius 3 is 2.70 bits per heavy atom. The van der Waals surface area contributed by atoms with Crippen molar-refractivity contribution < 1.29 is 23.8 Å². The summed E-state index contributed by atoms with van der Waals surface area (Å²) in [5, 5.41) is 16.4. The maximum atomic E-state index is 13.8. The maximum absolute atomic E-state index is 13.8. The van der Waals surface area contributed by atoms with Crippen LogP contribution in [0.25, 0.3) is 11.0 Å². The number of aromatic nitrogens is 3. The number of ether oxygens (including phenoxy) is 2. The third kappa shape index (κ3) is 8.31. The zero-order valence-electron chi connectivity index (χ0n) is 21.8. The van der Waals surface area contributed by atoms with E-state index in [9.17, 15) is 9.18 Å². The minimum absolute atomic E-state index is 0.131. The molecule has 0 amide bonds. The van der Waals surface area contributed by atoms with Crippen molar-refractivity contribution in [2.75, 3.05) is 25.5 Å². The molecule has 0 saturated heterocycles. The quantitative estimate of drug-likeness (QED) is 0.172. The van der Waals surface area contributed by atoms with Crippen LogP contribution in [-0.4, -0.2) is 52.6 Å². The first-order chi connectivity index (χ1) is 17.9. The van der Waals surface area contributed by atoms with E-state index in [4.69, 9.17) is 14.6 Å². The largest absolute Gasteiger partial charge is 0.479 e. The molecule has 0 spiro atoms. The Morgan fingerprint density at radius 2 is 1.97 bits per heavy atom. The Bertz CT molecular complexity index is 1140. The van der Waals surface area contributed by atoms with E-state index in [1.54, 1.807) is 25.1 Å². The fraction of sp³-hybridized carbons (Fsp3) is 0.519. The highest BCUT2D eigenvalue weighted by molar-refractivity contribution is 5.92. The molecular weight excluding hydrogens is 477 g/mol. The van der Waals surface area contributed by atoms with E-state index in [0.717, 1.165) is 36.0 Å². The predicted octanol–water partition coefficient (Wildman–Crippen LogP) is 5.60. The average molecular weight is 516 g/mol. The summed E-state index contributed by atoms with van der Waals surface area (Å²) < 4.78 is 24.5. The van der Waals surface area contributed by atoms with Gasteiger partial charge >= 0.3 is 5.97 Å². The highest BCUT2D eigenvalue weighted by Crippen LogP contribution is 2.34. The normalized spacial score (nSPS) is 12.9. The predicted molar refractivity (Wildman–Crippen MR) is 142 cm³/mol. The van der Waals surface area contributed by atoms with Gasteiger partial charge in [0.15, 0.2) is 18.1 Å². The summed E-state index contributed by atoms with van der Waals surface area (Å²) in [6, 6.07) is 4.84. The summed E-state index contributed by atoms with van der Waals surface area (Å²) in [5.41, 5.74) is 2.47. The maximum Gasteiger partial charge on any atom is 0.341 e. The summed E-state index contributed by atoms with van der Waals surface area (Å²) in [5.74, 6) is 0.466. The van der Waals surface area contributed by atoms with Crippen molar-refractivity contribution in [1.82, 2.24) is 20.3 Å². The second-order valence-electron chi connectivity index (χ2n) is 9.08. The number of rotatable bonds is 17. The molecule has 0 aliphatic heterocycles. The lowest BCUT2D eigenvalue weighted by molar-refractivity contribution is -0.139. The molecule has 0 aliphatic carbocycles. The van der Waals surface area contributed by atoms with Gasteiger partial charge in [-0.25, -0.2) is 19.2 Å². The second-order valence-corrected chi connectivity index (χ2v) is 9.08. The van der Waals surface area contributed by atoms with Crippen molar-refractivity contribution in [2.24, 2.45) is 5.92 Å². The summed E-state index contributed by atoms with van der Waals surface area (Å²) in [7, 11) is 1.99. The monoisotopic (exact) mass is 515 g/mol. The summed E-state index contributed by atoms with van der Waals surface area (Å²) in [4.78, 5) is 23.1. The standard InChI is InChI=1S/C27H38FN5O4/c1-4-18(9-7-13-29-3)8-6-10-19-15-30-26-25(19)27(32-17-31-26)33-20-11-12-21(37-23(28)5-2)22(14-20)36-16-24(34)35/h11-12,14-15,17-18,23,29H,4-10,13,16H2,1-3H3,(H,34,35)(H2,30,31,32,33). The van der Waals surface area contributed by atoms with Crippen LogP contribution >= 0.6 is 0 Å². The number of nitrogens with zero attached hydrogens (tertiary/aromatic N) is 2. The molecule has 4 N–H and O–H groups in total. The number of nitrogens with one attached hydrogen (secondary N) is 3. The fourth-order valence-electron chi connectivity index (χ4n) is 4.31. The Balaban J connectivity index is 1.77. The SMILES string of the molecule is CCC(CCCNC)CCCc1c[nH]c2ncnc(Nc3ccc(OC(F)CC)c(OCC(=O)O)c3)c12. The van der Waals surface area contributed by atoms with E-state index >= 15 is 0 Å². The Labute approximate surface area is 217 Å². The molecule has 3 aromatic rings. The number of fused-ring (bicyclic) bond motifs is 1. The molecule has 2 unspecified atom stereocenters. The van der Waals surface area contributed by atoms with Gasteiger partial charge in [0.2, 0.25) is 6.36 Å². The molecule has 1 aromatic carbocycles. The summed E-state index contributed by atoms with van der Waals surface area (Å²) in [6.07, 6.45) is 8.84. The molecule has 3 rings (SSSR count). The number of aromatic amines is 1. The number of hydrogen-bond acceptors (Lipinski definition) is 7. The molecule has 0 saturated carbocycles. The molecule has 0 radical (unpaired) electrons. The first kappa shape index (κ1) is 28.2. The van der Waals surface area contributed by atoms with E-state index in [1.165, 1.54) is 32.0 Å². The lowest BCUT2D eigenvalue weighted by Gasteiger charge is -2.16. The lowest BCUT2D eigenvalue weighted by atomic mass is 9.93. The van der Waals surface area contributed by atoms with Gasteiger partial charge in [-0.2, -0.15) is 0 Å². The van der Waals surface area contributed by atoms with Gasteiger partial charge in [0, 0.05) is 24.4 Å². The number of benzene rings is 1. The van der Waals surface area contributed by atoms with Gasteiger partial charge in [-0.1, -0.05) is 26.7 Å². The van der Waals surface area contributed by atoms with Crippen molar-refractivity contribution in [3.63, 3.8) is 0 Å². The van der Waals surface area contributed by atoms with Gasteiger partial charge in [0.25, 0.3) is 0 Å². The molecule has 2 heterocycles. The molecule has 10 heteroatoms. The van der Waals surface area contributed by atoms with Crippen molar-refractivity contribution >= 4 is 28.5 Å². The molecule has 9 nitrogen and oxygen atoms in total. The number of H-pyrrole nitrogens is 1. The van der Waals surface area contributed by atoms with Crippen LogP contribution < -0.4 is 20.1 Å². The average Bonchev–Trinajstić information content (AvgIpc) is 3.31. The van der Waals surface area contributed by atoms with Crippen molar-refractivity contribution in [3.05, 3.63) is 36.3 Å². The topological polar surface area (TPSA) is 121 Å². The molecule has 2 aromatic heterocycles. The number of hydrogen-bond donors (Lipinski definition) is 4. The molecule has 2 atom stereocenters. The van der Waals surface area contributed by atoms with Crippen LogP contribution in [0.15, 0.2) is 30.7 Å². The van der Waals surface area contributed by atoms with Crippen LogP contribution in [0, 0.1) is 5.92 Å². The first-order valence-electron chi connectivity index (χ1n) is 13.0. The van der Waals surface area contributed by atoms with Crippen LogP contribution in [0.3, 0.4) is 0 Å². The summed E-state index contributed by atoms with van der Waals surface area (Å²) in [6.45, 7) is 4.39. The highest BCUT2D eigenvalue weighted by Gasteiger charge is 2.16. The molecule has 0 fully saturated rings. The number of anilines is 2. The number of aryl methyl sites for hydroxylation is 1. The Kier molecular flexibility index (Phi) is 10.9. The van der Waals surface area contributed by atoms with E-state index in [1.807, 2.05) is 13.2 Å². The minimum atomic E-state index is -1.52. The Hall–Kier alpha value is -3.40. The van der Waals surface area contributed by atoms with Crippen LogP contribution in [-0.2, 0) is 11.2 Å². The van der Waals surface area contributed by atoms with E-state index in [0.29, 0.717) is 17.4 Å². The van der Waals surface area contributed by atoms with Crippen LogP contribution in [0.2, 0.25) is 0 Å². The van der Waals surface area contributed by atoms with Crippen molar-refractivity contribution in [1.29, 1.82) is 0 Å². The first-order valence-corrected chi connectivity index (χ1v) is 13.0. The number of halogens is 1. The zero-order chi connectivity index (χ0) is 26.6. The fourth-order valence-corrected chi connectivity index (χ4v) is 4.31. The van der Waals surface area contributed by atoms with Crippen molar-refractivity contribution in [3.8, 4) is 11.5 Å². The third-order valence-electron chi connectivity index (χ3n) is 6.36. The van der Waals surface area contributed by atoms with E-state index in [-0.39, 0.29) is 17.9 Å². The van der Waals surface area contributed by atoms with Gasteiger partial charge in [0.05, 0.1) is 5.39 Å². The highest BCUT2D eigenvalue weighted by atomic mass is 19.1. The summed E-state index contributed by atoms with van der Waals surface area (Å²) >= 11 is 0. The molecule has 202 valence electrons. The van der Waals surface area contributed by atoms with Crippen LogP contribution in [0.4, 0.5) is 15.9 Å². The van der Waals surface area contributed by atoms with Gasteiger partial charge in [-0.3, -0.25) is 0 Å². The van der Waals surface area contributed by atoms with Gasteiger partial charge in [-0.15, -0.1) is 0 Å². The van der Waals surface area contributed by atoms with Crippen LogP contribution in [0.1, 0.15) is 57.9 Å². The lowest BCUT2D eigenvalue weighted by Crippen LogP contribution is -2.13.